The van der Waals surface area contributed by atoms with Crippen LogP contribution in [0.4, 0.5) is 5.69 Å². The summed E-state index contributed by atoms with van der Waals surface area (Å²) in [6.45, 7) is 13.1. The molecule has 0 heterocycles. The minimum absolute atomic E-state index is 0.721. The van der Waals surface area contributed by atoms with Crippen LogP contribution in [0, 0.1) is 13.8 Å². The zero-order valence-electron chi connectivity index (χ0n) is 23.2. The third-order valence-corrected chi connectivity index (χ3v) is 7.05. The molecule has 0 radical (unpaired) electrons. The van der Waals surface area contributed by atoms with Gasteiger partial charge in [-0.15, -0.1) is 0 Å². The van der Waals surface area contributed by atoms with Crippen molar-refractivity contribution < 1.29 is 0 Å². The van der Waals surface area contributed by atoms with Gasteiger partial charge in [0.2, 0.25) is 0 Å². The molecule has 0 spiro atoms. The number of allylic oxidation sites excluding steroid dienone is 1. The van der Waals surface area contributed by atoms with Crippen LogP contribution in [0.1, 0.15) is 54.0 Å². The first-order chi connectivity index (χ1) is 18.5. The Balaban J connectivity index is 1.70. The Morgan fingerprint density at radius 2 is 1.55 bits per heavy atom. The van der Waals surface area contributed by atoms with Gasteiger partial charge in [0.25, 0.3) is 0 Å². The maximum Gasteiger partial charge on any atom is 0.0740 e. The molecule has 0 aromatic heterocycles. The first-order valence-electron chi connectivity index (χ1n) is 13.8. The Hall–Kier alpha value is -3.69. The molecule has 0 unspecified atom stereocenters. The predicted molar refractivity (Wildman–Crippen MR) is 166 cm³/mol. The second-order valence-electron chi connectivity index (χ2n) is 10.3. The summed E-state index contributed by atoms with van der Waals surface area (Å²) in [5.74, 6) is 0. The van der Waals surface area contributed by atoms with Gasteiger partial charge in [-0.25, -0.2) is 0 Å². The maximum absolute atomic E-state index is 5.74. The van der Waals surface area contributed by atoms with Crippen LogP contribution in [0.3, 0.4) is 0 Å². The minimum Gasteiger partial charge on any atom is -0.345 e. The van der Waals surface area contributed by atoms with E-state index in [9.17, 15) is 0 Å². The highest BCUT2D eigenvalue weighted by molar-refractivity contribution is 6.16. The van der Waals surface area contributed by atoms with Crippen molar-refractivity contribution in [3.05, 3.63) is 125 Å². The number of aryl methyl sites for hydroxylation is 2. The fourth-order valence-electron chi connectivity index (χ4n) is 4.92. The zero-order valence-corrected chi connectivity index (χ0v) is 23.2. The number of hydrogen-bond donors (Lipinski definition) is 1. The van der Waals surface area contributed by atoms with Gasteiger partial charge in [0.1, 0.15) is 0 Å². The topological polar surface area (TPSA) is 41.6 Å². The van der Waals surface area contributed by atoms with Crippen molar-refractivity contribution in [2.45, 2.75) is 46.5 Å². The fourth-order valence-corrected chi connectivity index (χ4v) is 4.92. The standard InChI is InChI=1S/C35H41N3/c1-26(2)38(23-9-5-8-21-36)34-19-14-28(4)24-33(34)35(31-16-12-27(3)13-17-31)37-22-20-29-15-18-30-10-6-7-11-32(30)25-29/h6-7,10-19,24-25H,1,5,8-9,20-23,36H2,2-4H3. The molecule has 38 heavy (non-hydrogen) atoms. The summed E-state index contributed by atoms with van der Waals surface area (Å²) in [5.41, 5.74) is 15.1. The molecule has 0 atom stereocenters. The van der Waals surface area contributed by atoms with Crippen LogP contribution in [-0.4, -0.2) is 25.3 Å². The van der Waals surface area contributed by atoms with Crippen molar-refractivity contribution in [2.75, 3.05) is 24.5 Å². The molecule has 0 saturated heterocycles. The van der Waals surface area contributed by atoms with E-state index >= 15 is 0 Å². The highest BCUT2D eigenvalue weighted by Gasteiger charge is 2.18. The van der Waals surface area contributed by atoms with Crippen molar-refractivity contribution in [3.63, 3.8) is 0 Å². The molecule has 4 aromatic rings. The van der Waals surface area contributed by atoms with Gasteiger partial charge in [0.05, 0.1) is 11.4 Å². The van der Waals surface area contributed by atoms with Crippen molar-refractivity contribution in [3.8, 4) is 0 Å². The number of nitrogens with two attached hydrogens (primary N) is 1. The van der Waals surface area contributed by atoms with Crippen molar-refractivity contribution in [2.24, 2.45) is 10.7 Å². The molecule has 3 heteroatoms. The van der Waals surface area contributed by atoms with Crippen LogP contribution in [0.15, 0.2) is 102 Å². The lowest BCUT2D eigenvalue weighted by atomic mass is 9.96. The molecule has 0 aliphatic heterocycles. The summed E-state index contributed by atoms with van der Waals surface area (Å²) in [6, 6.07) is 30.7. The molecule has 0 saturated carbocycles. The predicted octanol–water partition coefficient (Wildman–Crippen LogP) is 8.01. The van der Waals surface area contributed by atoms with E-state index in [1.807, 2.05) is 0 Å². The lowest BCUT2D eigenvalue weighted by Crippen LogP contribution is -2.24. The van der Waals surface area contributed by atoms with Gasteiger partial charge in [-0.3, -0.25) is 4.99 Å². The smallest absolute Gasteiger partial charge is 0.0740 e. The number of benzene rings is 4. The summed E-state index contributed by atoms with van der Waals surface area (Å²) in [5, 5.41) is 2.55. The van der Waals surface area contributed by atoms with Gasteiger partial charge < -0.3 is 10.6 Å². The summed E-state index contributed by atoms with van der Waals surface area (Å²) in [6.07, 6.45) is 4.14. The molecule has 4 aromatic carbocycles. The molecule has 2 N–H and O–H groups in total. The molecule has 0 bridgehead atoms. The Kier molecular flexibility index (Phi) is 9.51. The normalized spacial score (nSPS) is 11.6. The average Bonchev–Trinajstić information content (AvgIpc) is 2.92. The Bertz CT molecular complexity index is 1400. The van der Waals surface area contributed by atoms with E-state index in [0.717, 1.165) is 67.9 Å². The number of fused-ring (bicyclic) bond motifs is 1. The lowest BCUT2D eigenvalue weighted by molar-refractivity contribution is 0.679. The van der Waals surface area contributed by atoms with Crippen LogP contribution < -0.4 is 10.6 Å². The van der Waals surface area contributed by atoms with Crippen molar-refractivity contribution in [1.29, 1.82) is 0 Å². The number of aliphatic imine (C=N–C) groups is 1. The number of anilines is 1. The van der Waals surface area contributed by atoms with Gasteiger partial charge >= 0.3 is 0 Å². The second-order valence-corrected chi connectivity index (χ2v) is 10.3. The molecule has 0 aliphatic carbocycles. The van der Waals surface area contributed by atoms with Gasteiger partial charge in [-0.2, -0.15) is 0 Å². The summed E-state index contributed by atoms with van der Waals surface area (Å²) < 4.78 is 0. The molecule has 0 fully saturated rings. The third-order valence-electron chi connectivity index (χ3n) is 7.05. The third kappa shape index (κ3) is 6.99. The van der Waals surface area contributed by atoms with Gasteiger partial charge in [0, 0.05) is 29.9 Å². The highest BCUT2D eigenvalue weighted by Crippen LogP contribution is 2.29. The van der Waals surface area contributed by atoms with Crippen LogP contribution in [0.25, 0.3) is 10.8 Å². The molecule has 196 valence electrons. The highest BCUT2D eigenvalue weighted by atomic mass is 15.1. The van der Waals surface area contributed by atoms with Crippen LogP contribution in [-0.2, 0) is 6.42 Å². The number of hydrogen-bond acceptors (Lipinski definition) is 3. The van der Waals surface area contributed by atoms with E-state index in [1.165, 1.54) is 33.2 Å². The van der Waals surface area contributed by atoms with E-state index in [0.29, 0.717) is 0 Å². The molecule has 3 nitrogen and oxygen atoms in total. The van der Waals surface area contributed by atoms with Gasteiger partial charge in [-0.1, -0.05) is 96.9 Å². The molecule has 0 aliphatic rings. The minimum atomic E-state index is 0.721. The van der Waals surface area contributed by atoms with Crippen LogP contribution in [0.2, 0.25) is 0 Å². The zero-order chi connectivity index (χ0) is 26.9. The summed E-state index contributed by atoms with van der Waals surface area (Å²) >= 11 is 0. The largest absolute Gasteiger partial charge is 0.345 e. The lowest BCUT2D eigenvalue weighted by Gasteiger charge is -2.28. The second kappa shape index (κ2) is 13.2. The Morgan fingerprint density at radius 3 is 2.29 bits per heavy atom. The van der Waals surface area contributed by atoms with E-state index in [2.05, 4.69) is 117 Å². The number of nitrogens with zero attached hydrogens (tertiary/aromatic N) is 2. The van der Waals surface area contributed by atoms with E-state index in [4.69, 9.17) is 10.7 Å². The van der Waals surface area contributed by atoms with Crippen LogP contribution in [0.5, 0.6) is 0 Å². The SMILES string of the molecule is C=C(C)N(CCCCCN)c1ccc(C)cc1C(=NCCc1ccc2ccccc2c1)c1ccc(C)cc1. The Labute approximate surface area is 228 Å². The van der Waals surface area contributed by atoms with E-state index < -0.39 is 0 Å². The quantitative estimate of drug-likeness (QED) is 0.157. The van der Waals surface area contributed by atoms with Crippen molar-refractivity contribution in [1.82, 2.24) is 0 Å². The van der Waals surface area contributed by atoms with E-state index in [1.54, 1.807) is 0 Å². The first kappa shape index (κ1) is 27.3. The van der Waals surface area contributed by atoms with Gasteiger partial charge in [-0.05, 0) is 75.0 Å². The van der Waals surface area contributed by atoms with E-state index in [-0.39, 0.29) is 0 Å². The molecule has 4 rings (SSSR count). The monoisotopic (exact) mass is 503 g/mol. The number of rotatable bonds is 12. The van der Waals surface area contributed by atoms with Gasteiger partial charge in [0.15, 0.2) is 0 Å². The first-order valence-corrected chi connectivity index (χ1v) is 13.8. The number of unbranched alkanes of at least 4 members (excludes halogenated alkanes) is 2. The molecular formula is C35H41N3. The molecule has 0 amide bonds. The average molecular weight is 504 g/mol. The summed E-state index contributed by atoms with van der Waals surface area (Å²) in [4.78, 5) is 7.61. The molecular weight excluding hydrogens is 462 g/mol. The van der Waals surface area contributed by atoms with Crippen LogP contribution >= 0.6 is 0 Å². The Morgan fingerprint density at radius 1 is 0.816 bits per heavy atom. The fraction of sp³-hybridized carbons (Fsp3) is 0.286. The summed E-state index contributed by atoms with van der Waals surface area (Å²) in [7, 11) is 0. The van der Waals surface area contributed by atoms with Crippen molar-refractivity contribution >= 4 is 22.2 Å². The maximum atomic E-state index is 5.74.